The predicted molar refractivity (Wildman–Crippen MR) is 74.3 cm³/mol. The number of hydrogen-bond donors (Lipinski definition) is 1. The molecule has 0 spiro atoms. The summed E-state index contributed by atoms with van der Waals surface area (Å²) in [6.07, 6.45) is -0.919. The van der Waals surface area contributed by atoms with Gasteiger partial charge in [-0.15, -0.1) is 0 Å². The van der Waals surface area contributed by atoms with Crippen LogP contribution in [0.4, 0.5) is 0 Å². The highest BCUT2D eigenvalue weighted by Gasteiger charge is 2.31. The molecule has 1 amide bonds. The number of rotatable bonds is 4. The Bertz CT molecular complexity index is 532. The highest BCUT2D eigenvalue weighted by molar-refractivity contribution is 5.93. The minimum absolute atomic E-state index is 0.0578. The van der Waals surface area contributed by atoms with Crippen molar-refractivity contribution in [3.8, 4) is 11.5 Å². The lowest BCUT2D eigenvalue weighted by Gasteiger charge is -2.27. The highest BCUT2D eigenvalue weighted by atomic mass is 16.6. The van der Waals surface area contributed by atoms with Gasteiger partial charge in [0, 0.05) is 13.1 Å². The molecule has 1 aromatic rings. The predicted octanol–water partition coefficient (Wildman–Crippen LogP) is 1.92. The maximum absolute atomic E-state index is 12.4. The summed E-state index contributed by atoms with van der Waals surface area (Å²) in [7, 11) is 0. The van der Waals surface area contributed by atoms with E-state index in [0.29, 0.717) is 24.6 Å². The summed E-state index contributed by atoms with van der Waals surface area (Å²) in [5.41, 5.74) is 0. The monoisotopic (exact) mass is 277 g/mol. The van der Waals surface area contributed by atoms with Gasteiger partial charge in [0.05, 0.1) is 0 Å². The number of amides is 1. The van der Waals surface area contributed by atoms with Gasteiger partial charge in [0.2, 0.25) is 5.76 Å². The van der Waals surface area contributed by atoms with Gasteiger partial charge < -0.3 is 19.5 Å². The molecule has 1 atom stereocenters. The summed E-state index contributed by atoms with van der Waals surface area (Å²) in [5, 5.41) is 9.82. The van der Waals surface area contributed by atoms with Crippen LogP contribution in [0.2, 0.25) is 0 Å². The number of carbonyl (C=O) groups is 1. The van der Waals surface area contributed by atoms with E-state index in [1.165, 1.54) is 0 Å². The first-order valence-electron chi connectivity index (χ1n) is 6.74. The molecule has 2 rings (SSSR count). The number of benzene rings is 1. The van der Waals surface area contributed by atoms with E-state index in [2.05, 4.69) is 0 Å². The third-order valence-electron chi connectivity index (χ3n) is 3.13. The fraction of sp³-hybridized carbons (Fsp3) is 0.400. The topological polar surface area (TPSA) is 59.0 Å². The average molecular weight is 277 g/mol. The van der Waals surface area contributed by atoms with Crippen LogP contribution < -0.4 is 9.47 Å². The number of hydrogen-bond acceptors (Lipinski definition) is 4. The van der Waals surface area contributed by atoms with Crippen molar-refractivity contribution < 1.29 is 19.4 Å². The zero-order valence-electron chi connectivity index (χ0n) is 11.9. The average Bonchev–Trinajstić information content (AvgIpc) is 2.46. The van der Waals surface area contributed by atoms with E-state index in [4.69, 9.17) is 9.47 Å². The first kappa shape index (κ1) is 14.4. The van der Waals surface area contributed by atoms with Crippen LogP contribution >= 0.6 is 0 Å². The zero-order chi connectivity index (χ0) is 14.7. The van der Waals surface area contributed by atoms with Crippen LogP contribution in [0.1, 0.15) is 20.8 Å². The maximum atomic E-state index is 12.4. The number of aliphatic hydroxyl groups excluding tert-OH is 1. The number of likely N-dealkylation sites (N-methyl/N-ethyl adjacent to an activating group) is 1. The highest BCUT2D eigenvalue weighted by Crippen LogP contribution is 2.36. The Morgan fingerprint density at radius 1 is 1.20 bits per heavy atom. The minimum Gasteiger partial charge on any atom is -0.451 e. The van der Waals surface area contributed by atoms with Gasteiger partial charge in [-0.25, -0.2) is 0 Å². The van der Waals surface area contributed by atoms with Crippen LogP contribution in [-0.4, -0.2) is 35.1 Å². The van der Waals surface area contributed by atoms with Crippen molar-refractivity contribution in [3.63, 3.8) is 0 Å². The van der Waals surface area contributed by atoms with Crippen LogP contribution in [0.3, 0.4) is 0 Å². The van der Waals surface area contributed by atoms with Gasteiger partial charge in [-0.05, 0) is 32.9 Å². The Labute approximate surface area is 118 Å². The summed E-state index contributed by atoms with van der Waals surface area (Å²) in [6, 6.07) is 7.06. The Hall–Kier alpha value is -2.01. The van der Waals surface area contributed by atoms with E-state index in [0.717, 1.165) is 0 Å². The van der Waals surface area contributed by atoms with Crippen molar-refractivity contribution in [2.24, 2.45) is 0 Å². The lowest BCUT2D eigenvalue weighted by molar-refractivity contribution is -0.129. The number of carbonyl (C=O) groups excluding carboxylic acids is 1. The fourth-order valence-electron chi connectivity index (χ4n) is 2.02. The molecule has 0 radical (unpaired) electrons. The maximum Gasteiger partial charge on any atom is 0.293 e. The smallest absolute Gasteiger partial charge is 0.293 e. The number of fused-ring (bicyclic) bond motifs is 1. The Kier molecular flexibility index (Phi) is 4.29. The number of ether oxygens (including phenoxy) is 2. The molecule has 108 valence electrons. The molecule has 1 N–H and O–H groups in total. The largest absolute Gasteiger partial charge is 0.451 e. The molecule has 0 aliphatic carbocycles. The molecule has 1 unspecified atom stereocenters. The van der Waals surface area contributed by atoms with Crippen LogP contribution in [0.25, 0.3) is 0 Å². The quantitative estimate of drug-likeness (QED) is 0.913. The van der Waals surface area contributed by atoms with Gasteiger partial charge in [0.25, 0.3) is 5.91 Å². The normalized spacial score (nSPS) is 15.0. The van der Waals surface area contributed by atoms with Gasteiger partial charge in [-0.3, -0.25) is 4.79 Å². The Morgan fingerprint density at radius 2 is 1.75 bits per heavy atom. The third-order valence-corrected chi connectivity index (χ3v) is 3.13. The van der Waals surface area contributed by atoms with Gasteiger partial charge >= 0.3 is 0 Å². The molecule has 0 saturated carbocycles. The standard InChI is InChI=1S/C15H19NO4/c1-4-16(5-2)15(18)14-13(10(3)17)19-11-8-6-7-9-12(11)20-14/h6-10,17H,4-5H2,1-3H3. The van der Waals surface area contributed by atoms with Crippen molar-refractivity contribution in [2.75, 3.05) is 13.1 Å². The fourth-order valence-corrected chi connectivity index (χ4v) is 2.02. The minimum atomic E-state index is -0.919. The molecule has 0 fully saturated rings. The van der Waals surface area contributed by atoms with Crippen LogP contribution in [-0.2, 0) is 4.79 Å². The van der Waals surface area contributed by atoms with Gasteiger partial charge in [0.1, 0.15) is 6.10 Å². The summed E-state index contributed by atoms with van der Waals surface area (Å²) in [5.74, 6) is 0.912. The van der Waals surface area contributed by atoms with Gasteiger partial charge in [-0.1, -0.05) is 12.1 Å². The molecule has 1 heterocycles. The first-order chi connectivity index (χ1) is 9.58. The molecule has 20 heavy (non-hydrogen) atoms. The molecule has 5 heteroatoms. The molecular weight excluding hydrogens is 258 g/mol. The number of para-hydroxylation sites is 2. The second-order valence-corrected chi connectivity index (χ2v) is 4.50. The molecule has 1 aliphatic heterocycles. The number of aliphatic hydroxyl groups is 1. The van der Waals surface area contributed by atoms with Crippen molar-refractivity contribution in [3.05, 3.63) is 35.8 Å². The molecule has 0 bridgehead atoms. The lowest BCUT2D eigenvalue weighted by atomic mass is 10.2. The summed E-state index contributed by atoms with van der Waals surface area (Å²) in [4.78, 5) is 14.1. The van der Waals surface area contributed by atoms with E-state index >= 15 is 0 Å². The molecule has 1 aromatic carbocycles. The van der Waals surface area contributed by atoms with Crippen LogP contribution in [0.15, 0.2) is 35.8 Å². The van der Waals surface area contributed by atoms with E-state index in [1.807, 2.05) is 13.8 Å². The van der Waals surface area contributed by atoms with Crippen LogP contribution in [0, 0.1) is 0 Å². The van der Waals surface area contributed by atoms with E-state index in [-0.39, 0.29) is 17.4 Å². The Morgan fingerprint density at radius 3 is 2.25 bits per heavy atom. The second-order valence-electron chi connectivity index (χ2n) is 4.50. The molecule has 0 saturated heterocycles. The van der Waals surface area contributed by atoms with E-state index in [1.54, 1.807) is 36.1 Å². The van der Waals surface area contributed by atoms with Crippen LogP contribution in [0.5, 0.6) is 11.5 Å². The van der Waals surface area contributed by atoms with Gasteiger partial charge in [0.15, 0.2) is 17.3 Å². The van der Waals surface area contributed by atoms with Crippen molar-refractivity contribution in [2.45, 2.75) is 26.9 Å². The molecule has 1 aliphatic rings. The SMILES string of the molecule is CCN(CC)C(=O)C1=C(C(C)O)Oc2ccccc2O1. The van der Waals surface area contributed by atoms with Crippen molar-refractivity contribution >= 4 is 5.91 Å². The third kappa shape index (κ3) is 2.63. The van der Waals surface area contributed by atoms with E-state index < -0.39 is 6.10 Å². The van der Waals surface area contributed by atoms with Crippen molar-refractivity contribution in [1.29, 1.82) is 0 Å². The number of nitrogens with zero attached hydrogens (tertiary/aromatic N) is 1. The summed E-state index contributed by atoms with van der Waals surface area (Å²) in [6.45, 7) is 6.46. The summed E-state index contributed by atoms with van der Waals surface area (Å²) < 4.78 is 11.3. The zero-order valence-corrected chi connectivity index (χ0v) is 11.9. The molecular formula is C15H19NO4. The lowest BCUT2D eigenvalue weighted by Crippen LogP contribution is -2.36. The van der Waals surface area contributed by atoms with Crippen molar-refractivity contribution in [1.82, 2.24) is 4.90 Å². The summed E-state index contributed by atoms with van der Waals surface area (Å²) >= 11 is 0. The van der Waals surface area contributed by atoms with E-state index in [9.17, 15) is 9.90 Å². The molecule has 5 nitrogen and oxygen atoms in total. The second kappa shape index (κ2) is 5.96. The van der Waals surface area contributed by atoms with Gasteiger partial charge in [-0.2, -0.15) is 0 Å². The first-order valence-corrected chi connectivity index (χ1v) is 6.74. The Balaban J connectivity index is 2.39. The molecule has 0 aromatic heterocycles.